The molecule has 0 radical (unpaired) electrons. The maximum Gasteiger partial charge on any atom is 0.428 e. The van der Waals surface area contributed by atoms with Crippen LogP contribution in [0.25, 0.3) is 33.1 Å². The molecule has 184 valence electrons. The predicted molar refractivity (Wildman–Crippen MR) is 113 cm³/mol. The van der Waals surface area contributed by atoms with Crippen LogP contribution in [0.2, 0.25) is 0 Å². The average Bonchev–Trinajstić information content (AvgIpc) is 3.51. The Balaban J connectivity index is 1.61. The van der Waals surface area contributed by atoms with Gasteiger partial charge < -0.3 is 15.6 Å². The largest absolute Gasteiger partial charge is 0.490 e. The van der Waals surface area contributed by atoms with Gasteiger partial charge >= 0.3 is 12.4 Å². The molecule has 5 rings (SSSR count). The van der Waals surface area contributed by atoms with Crippen molar-refractivity contribution in [1.29, 1.82) is 0 Å². The predicted octanol–water partition coefficient (Wildman–Crippen LogP) is 4.63. The minimum Gasteiger partial charge on any atom is -0.490 e. The number of halogens is 6. The maximum atomic E-state index is 13.3. The van der Waals surface area contributed by atoms with Crippen molar-refractivity contribution in [1.82, 2.24) is 19.7 Å². The number of hydrogen-bond donors (Lipinski definition) is 2. The van der Waals surface area contributed by atoms with Crippen molar-refractivity contribution in [2.75, 3.05) is 5.73 Å². The van der Waals surface area contributed by atoms with E-state index in [1.54, 1.807) is 30.3 Å². The molecular weight excluding hydrogens is 480 g/mol. The third kappa shape index (κ3) is 3.99. The van der Waals surface area contributed by atoms with E-state index in [1.807, 2.05) is 6.07 Å². The number of ether oxygens (including phenoxy) is 1. The summed E-state index contributed by atoms with van der Waals surface area (Å²) >= 11 is 0. The Morgan fingerprint density at radius 2 is 1.63 bits per heavy atom. The molecular formula is C22H17F6N5O2. The number of anilines is 1. The van der Waals surface area contributed by atoms with E-state index < -0.39 is 24.5 Å². The van der Waals surface area contributed by atoms with E-state index in [4.69, 9.17) is 10.5 Å². The van der Waals surface area contributed by atoms with Crippen LogP contribution in [0.4, 0.5) is 32.2 Å². The zero-order chi connectivity index (χ0) is 25.2. The van der Waals surface area contributed by atoms with E-state index in [0.717, 1.165) is 29.9 Å². The molecule has 0 aliphatic heterocycles. The molecule has 1 aliphatic rings. The zero-order valence-electron chi connectivity index (χ0n) is 17.7. The van der Waals surface area contributed by atoms with Gasteiger partial charge in [0.25, 0.3) is 5.60 Å². The summed E-state index contributed by atoms with van der Waals surface area (Å²) in [6.45, 7) is -1.97. The summed E-state index contributed by atoms with van der Waals surface area (Å²) in [6, 6.07) is 10.4. The van der Waals surface area contributed by atoms with Gasteiger partial charge in [-0.05, 0) is 41.8 Å². The Kier molecular flexibility index (Phi) is 5.09. The molecule has 4 aromatic rings. The van der Waals surface area contributed by atoms with Crippen molar-refractivity contribution < 1.29 is 36.2 Å². The van der Waals surface area contributed by atoms with E-state index in [2.05, 4.69) is 15.1 Å². The minimum absolute atomic E-state index is 0.0231. The molecule has 1 aliphatic carbocycles. The standard InChI is InChI=1S/C22H17F6N5O2/c23-21(24,25)20(34,22(26,27)28)9-33-19-16(18(29)30-10-31-19)17(32-33)13-2-1-12-8-15(35-14-5-6-14)4-3-11(12)7-13/h1-4,7-8,10,14,34H,5-6,9H2,(H2,29,30,31). The molecule has 2 heterocycles. The van der Waals surface area contributed by atoms with Gasteiger partial charge in [0.05, 0.1) is 18.0 Å². The monoisotopic (exact) mass is 497 g/mol. The lowest BCUT2D eigenvalue weighted by Crippen LogP contribution is -2.59. The van der Waals surface area contributed by atoms with Crippen LogP contribution in [-0.4, -0.2) is 48.9 Å². The second-order valence-electron chi connectivity index (χ2n) is 8.36. The smallest absolute Gasteiger partial charge is 0.428 e. The van der Waals surface area contributed by atoms with E-state index in [1.165, 1.54) is 0 Å². The molecule has 0 atom stereocenters. The molecule has 7 nitrogen and oxygen atoms in total. The third-order valence-corrected chi connectivity index (χ3v) is 5.79. The van der Waals surface area contributed by atoms with Gasteiger partial charge in [0, 0.05) is 5.56 Å². The first-order valence-corrected chi connectivity index (χ1v) is 10.4. The Morgan fingerprint density at radius 3 is 2.29 bits per heavy atom. The van der Waals surface area contributed by atoms with Crippen molar-refractivity contribution in [3.63, 3.8) is 0 Å². The number of fused-ring (bicyclic) bond motifs is 2. The lowest BCUT2D eigenvalue weighted by Gasteiger charge is -2.32. The number of nitrogens with two attached hydrogens (primary N) is 1. The van der Waals surface area contributed by atoms with Gasteiger partial charge in [-0.3, -0.25) is 0 Å². The SMILES string of the molecule is Nc1ncnc2c1c(-c1ccc3cc(OC4CC4)ccc3c1)nn2CC(O)(C(F)(F)F)C(F)(F)F. The minimum atomic E-state index is -6.02. The summed E-state index contributed by atoms with van der Waals surface area (Å²) in [5, 5.41) is 15.1. The molecule has 0 bridgehead atoms. The van der Waals surface area contributed by atoms with Crippen LogP contribution < -0.4 is 10.5 Å². The lowest BCUT2D eigenvalue weighted by molar-refractivity contribution is -0.372. The summed E-state index contributed by atoms with van der Waals surface area (Å²) in [4.78, 5) is 7.59. The first-order valence-electron chi connectivity index (χ1n) is 10.4. The molecule has 1 saturated carbocycles. The van der Waals surface area contributed by atoms with Crippen molar-refractivity contribution in [3.8, 4) is 17.0 Å². The van der Waals surface area contributed by atoms with Gasteiger partial charge in [-0.1, -0.05) is 18.2 Å². The molecule has 3 N–H and O–H groups in total. The molecule has 2 aromatic carbocycles. The van der Waals surface area contributed by atoms with Crippen LogP contribution in [0, 0.1) is 0 Å². The summed E-state index contributed by atoms with van der Waals surface area (Å²) in [7, 11) is 0. The summed E-state index contributed by atoms with van der Waals surface area (Å²) in [5.74, 6) is 0.505. The first-order chi connectivity index (χ1) is 16.4. The highest BCUT2D eigenvalue weighted by Crippen LogP contribution is 2.45. The maximum absolute atomic E-state index is 13.3. The molecule has 0 unspecified atom stereocenters. The Labute approximate surface area is 193 Å². The van der Waals surface area contributed by atoms with Gasteiger partial charge in [-0.15, -0.1) is 0 Å². The van der Waals surface area contributed by atoms with Crippen molar-refractivity contribution >= 4 is 27.6 Å². The number of hydrogen-bond acceptors (Lipinski definition) is 6. The molecule has 0 spiro atoms. The van der Waals surface area contributed by atoms with Crippen molar-refractivity contribution in [3.05, 3.63) is 42.7 Å². The average molecular weight is 497 g/mol. The first kappa shape index (κ1) is 23.1. The Morgan fingerprint density at radius 1 is 0.971 bits per heavy atom. The number of aromatic nitrogens is 4. The molecule has 1 fully saturated rings. The van der Waals surface area contributed by atoms with Gasteiger partial charge in [0.15, 0.2) is 5.65 Å². The number of alkyl halides is 6. The fourth-order valence-corrected chi connectivity index (χ4v) is 3.72. The van der Waals surface area contributed by atoms with Crippen LogP contribution in [0.1, 0.15) is 12.8 Å². The van der Waals surface area contributed by atoms with E-state index >= 15 is 0 Å². The van der Waals surface area contributed by atoms with Crippen LogP contribution >= 0.6 is 0 Å². The van der Waals surface area contributed by atoms with Crippen LogP contribution in [0.3, 0.4) is 0 Å². The second-order valence-corrected chi connectivity index (χ2v) is 8.36. The topological polar surface area (TPSA) is 99.1 Å². The van der Waals surface area contributed by atoms with Gasteiger partial charge in [-0.25, -0.2) is 14.6 Å². The zero-order valence-corrected chi connectivity index (χ0v) is 17.7. The Hall–Kier alpha value is -3.61. The second kappa shape index (κ2) is 7.70. The highest BCUT2D eigenvalue weighted by atomic mass is 19.4. The van der Waals surface area contributed by atoms with Crippen LogP contribution in [0.15, 0.2) is 42.7 Å². The molecule has 13 heteroatoms. The summed E-state index contributed by atoms with van der Waals surface area (Å²) < 4.78 is 86.0. The normalized spacial score (nSPS) is 15.2. The number of benzene rings is 2. The number of nitrogen functional groups attached to an aromatic ring is 1. The molecule has 2 aromatic heterocycles. The van der Waals surface area contributed by atoms with Gasteiger partial charge in [0.1, 0.15) is 23.6 Å². The number of rotatable bonds is 5. The number of aliphatic hydroxyl groups is 1. The fourth-order valence-electron chi connectivity index (χ4n) is 3.72. The van der Waals surface area contributed by atoms with Crippen LogP contribution in [-0.2, 0) is 6.54 Å². The van der Waals surface area contributed by atoms with E-state index in [0.29, 0.717) is 16.0 Å². The molecule has 0 amide bonds. The quantitative estimate of drug-likeness (QED) is 0.391. The fraction of sp³-hybridized carbons (Fsp3) is 0.318. The third-order valence-electron chi connectivity index (χ3n) is 5.79. The van der Waals surface area contributed by atoms with Gasteiger partial charge in [-0.2, -0.15) is 31.4 Å². The van der Waals surface area contributed by atoms with E-state index in [-0.39, 0.29) is 28.6 Å². The van der Waals surface area contributed by atoms with Crippen molar-refractivity contribution in [2.45, 2.75) is 43.4 Å². The molecule has 35 heavy (non-hydrogen) atoms. The van der Waals surface area contributed by atoms with Crippen LogP contribution in [0.5, 0.6) is 5.75 Å². The van der Waals surface area contributed by atoms with E-state index in [9.17, 15) is 31.4 Å². The highest BCUT2D eigenvalue weighted by Gasteiger charge is 2.70. The highest BCUT2D eigenvalue weighted by molar-refractivity contribution is 6.00. The van der Waals surface area contributed by atoms with Crippen molar-refractivity contribution in [2.24, 2.45) is 0 Å². The molecule has 0 saturated heterocycles. The van der Waals surface area contributed by atoms with Gasteiger partial charge in [0.2, 0.25) is 0 Å². The Bertz CT molecular complexity index is 1410. The lowest BCUT2D eigenvalue weighted by atomic mass is 10.0. The summed E-state index contributed by atoms with van der Waals surface area (Å²) in [6.07, 6.45) is -8.96. The number of nitrogens with zero attached hydrogens (tertiary/aromatic N) is 4. The summed E-state index contributed by atoms with van der Waals surface area (Å²) in [5.41, 5.74) is 0.799.